The van der Waals surface area contributed by atoms with E-state index in [4.69, 9.17) is 0 Å². The minimum Gasteiger partial charge on any atom is -0.257 e. The fraction of sp³-hybridized carbons (Fsp3) is 0.300. The molecule has 0 aliphatic carbocycles. The molecule has 0 unspecified atom stereocenters. The van der Waals surface area contributed by atoms with Crippen molar-refractivity contribution >= 4 is 6.08 Å². The highest BCUT2D eigenvalue weighted by molar-refractivity contribution is 5.47. The number of hydrogen-bond donors (Lipinski definition) is 0. The van der Waals surface area contributed by atoms with Gasteiger partial charge in [-0.25, -0.2) is 0 Å². The quantitative estimate of drug-likeness (QED) is 0.626. The normalized spacial score (nSPS) is 11.6. The lowest BCUT2D eigenvalue weighted by atomic mass is 10.2. The van der Waals surface area contributed by atoms with Gasteiger partial charge in [0.1, 0.15) is 0 Å². The first kappa shape index (κ1) is 7.99. The number of pyridine rings is 1. The van der Waals surface area contributed by atoms with E-state index in [0.717, 1.165) is 12.1 Å². The minimum absolute atomic E-state index is 1.05. The third-order valence-corrected chi connectivity index (χ3v) is 1.64. The highest BCUT2D eigenvalue weighted by Gasteiger charge is 1.87. The largest absolute Gasteiger partial charge is 0.257 e. The Morgan fingerprint density at radius 1 is 1.55 bits per heavy atom. The van der Waals surface area contributed by atoms with Crippen LogP contribution < -0.4 is 0 Å². The van der Waals surface area contributed by atoms with Crippen molar-refractivity contribution in [3.63, 3.8) is 0 Å². The molecule has 0 radical (unpaired) electrons. The Hall–Kier alpha value is -1.11. The molecule has 1 heteroatoms. The SMILES string of the molecule is CC/C(C)=C/c1ccccn1. The lowest BCUT2D eigenvalue weighted by molar-refractivity contribution is 1.11. The second-order valence-corrected chi connectivity index (χ2v) is 2.60. The molecule has 0 N–H and O–H groups in total. The smallest absolute Gasteiger partial charge is 0.0629 e. The fourth-order valence-corrected chi connectivity index (χ4v) is 0.816. The molecular weight excluding hydrogens is 134 g/mol. The van der Waals surface area contributed by atoms with E-state index in [2.05, 4.69) is 24.9 Å². The third kappa shape index (κ3) is 2.54. The first-order chi connectivity index (χ1) is 5.33. The summed E-state index contributed by atoms with van der Waals surface area (Å²) in [7, 11) is 0. The standard InChI is InChI=1S/C10H13N/c1-3-9(2)8-10-6-4-5-7-11-10/h4-8H,3H2,1-2H3/b9-8+. The molecule has 0 atom stereocenters. The number of aromatic nitrogens is 1. The van der Waals surface area contributed by atoms with E-state index in [9.17, 15) is 0 Å². The van der Waals surface area contributed by atoms with Gasteiger partial charge in [0.2, 0.25) is 0 Å². The van der Waals surface area contributed by atoms with Crippen LogP contribution in [0.3, 0.4) is 0 Å². The summed E-state index contributed by atoms with van der Waals surface area (Å²) in [5.41, 5.74) is 2.41. The summed E-state index contributed by atoms with van der Waals surface area (Å²) in [5, 5.41) is 0. The maximum atomic E-state index is 4.19. The summed E-state index contributed by atoms with van der Waals surface area (Å²) in [5.74, 6) is 0. The van der Waals surface area contributed by atoms with E-state index >= 15 is 0 Å². The van der Waals surface area contributed by atoms with Crippen LogP contribution in [0.15, 0.2) is 30.0 Å². The molecule has 58 valence electrons. The van der Waals surface area contributed by atoms with Gasteiger partial charge in [-0.15, -0.1) is 0 Å². The highest BCUT2D eigenvalue weighted by atomic mass is 14.6. The zero-order valence-corrected chi connectivity index (χ0v) is 7.04. The Balaban J connectivity index is 2.79. The van der Waals surface area contributed by atoms with Crippen LogP contribution in [0, 0.1) is 0 Å². The van der Waals surface area contributed by atoms with Crippen LogP contribution in [-0.2, 0) is 0 Å². The van der Waals surface area contributed by atoms with Gasteiger partial charge in [-0.3, -0.25) is 4.98 Å². The summed E-state index contributed by atoms with van der Waals surface area (Å²) in [4.78, 5) is 4.19. The van der Waals surface area contributed by atoms with E-state index in [1.54, 1.807) is 0 Å². The Bertz CT molecular complexity index is 236. The van der Waals surface area contributed by atoms with Gasteiger partial charge in [-0.05, 0) is 31.6 Å². The molecule has 1 aromatic rings. The third-order valence-electron chi connectivity index (χ3n) is 1.64. The van der Waals surface area contributed by atoms with Crippen molar-refractivity contribution in [1.82, 2.24) is 4.98 Å². The minimum atomic E-state index is 1.05. The lowest BCUT2D eigenvalue weighted by Gasteiger charge is -1.94. The van der Waals surface area contributed by atoms with Crippen LogP contribution in [0.2, 0.25) is 0 Å². The Morgan fingerprint density at radius 3 is 2.91 bits per heavy atom. The summed E-state index contributed by atoms with van der Waals surface area (Å²) in [6, 6.07) is 5.94. The lowest BCUT2D eigenvalue weighted by Crippen LogP contribution is -1.78. The van der Waals surface area contributed by atoms with Crippen molar-refractivity contribution < 1.29 is 0 Å². The average Bonchev–Trinajstić information content (AvgIpc) is 2.06. The van der Waals surface area contributed by atoms with Gasteiger partial charge in [0.25, 0.3) is 0 Å². The second-order valence-electron chi connectivity index (χ2n) is 2.60. The molecule has 11 heavy (non-hydrogen) atoms. The first-order valence-electron chi connectivity index (χ1n) is 3.91. The molecule has 0 spiro atoms. The molecule has 0 aromatic carbocycles. The van der Waals surface area contributed by atoms with Gasteiger partial charge in [0.15, 0.2) is 0 Å². The average molecular weight is 147 g/mol. The number of rotatable bonds is 2. The Kier molecular flexibility index (Phi) is 2.84. The van der Waals surface area contributed by atoms with E-state index in [1.807, 2.05) is 24.4 Å². The summed E-state index contributed by atoms with van der Waals surface area (Å²) >= 11 is 0. The number of allylic oxidation sites excluding steroid dienone is 1. The van der Waals surface area contributed by atoms with Crippen molar-refractivity contribution in [3.8, 4) is 0 Å². The zero-order chi connectivity index (χ0) is 8.10. The summed E-state index contributed by atoms with van der Waals surface area (Å²) in [6.07, 6.45) is 5.02. The van der Waals surface area contributed by atoms with E-state index < -0.39 is 0 Å². The van der Waals surface area contributed by atoms with Crippen LogP contribution in [0.5, 0.6) is 0 Å². The molecular formula is C10H13N. The Labute approximate surface area is 67.8 Å². The van der Waals surface area contributed by atoms with Gasteiger partial charge in [0.05, 0.1) is 5.69 Å². The molecule has 0 bridgehead atoms. The van der Waals surface area contributed by atoms with Crippen LogP contribution in [0.25, 0.3) is 6.08 Å². The van der Waals surface area contributed by atoms with Crippen molar-refractivity contribution in [2.45, 2.75) is 20.3 Å². The molecule has 1 nitrogen and oxygen atoms in total. The van der Waals surface area contributed by atoms with E-state index in [-0.39, 0.29) is 0 Å². The van der Waals surface area contributed by atoms with Crippen LogP contribution >= 0.6 is 0 Å². The predicted molar refractivity (Wildman–Crippen MR) is 48.2 cm³/mol. The highest BCUT2D eigenvalue weighted by Crippen LogP contribution is 2.05. The van der Waals surface area contributed by atoms with Crippen LogP contribution in [-0.4, -0.2) is 4.98 Å². The topological polar surface area (TPSA) is 12.9 Å². The van der Waals surface area contributed by atoms with Crippen molar-refractivity contribution in [3.05, 3.63) is 35.7 Å². The molecule has 0 aliphatic heterocycles. The molecule has 1 rings (SSSR count). The van der Waals surface area contributed by atoms with Gasteiger partial charge >= 0.3 is 0 Å². The molecule has 0 saturated carbocycles. The Morgan fingerprint density at radius 2 is 2.36 bits per heavy atom. The molecule has 0 amide bonds. The fourth-order valence-electron chi connectivity index (χ4n) is 0.816. The summed E-state index contributed by atoms with van der Waals surface area (Å²) < 4.78 is 0. The van der Waals surface area contributed by atoms with E-state index in [0.29, 0.717) is 0 Å². The molecule has 1 heterocycles. The summed E-state index contributed by atoms with van der Waals surface area (Å²) in [6.45, 7) is 4.27. The molecule has 0 aliphatic rings. The van der Waals surface area contributed by atoms with Crippen molar-refractivity contribution in [2.75, 3.05) is 0 Å². The van der Waals surface area contributed by atoms with E-state index in [1.165, 1.54) is 5.57 Å². The number of nitrogens with zero attached hydrogens (tertiary/aromatic N) is 1. The zero-order valence-electron chi connectivity index (χ0n) is 7.04. The van der Waals surface area contributed by atoms with Gasteiger partial charge in [-0.2, -0.15) is 0 Å². The predicted octanol–water partition coefficient (Wildman–Crippen LogP) is 2.89. The maximum Gasteiger partial charge on any atom is 0.0629 e. The molecule has 0 saturated heterocycles. The van der Waals surface area contributed by atoms with Gasteiger partial charge in [0, 0.05) is 6.20 Å². The van der Waals surface area contributed by atoms with Gasteiger partial charge < -0.3 is 0 Å². The van der Waals surface area contributed by atoms with Gasteiger partial charge in [-0.1, -0.05) is 18.6 Å². The number of hydrogen-bond acceptors (Lipinski definition) is 1. The van der Waals surface area contributed by atoms with Crippen molar-refractivity contribution in [2.24, 2.45) is 0 Å². The monoisotopic (exact) mass is 147 g/mol. The first-order valence-corrected chi connectivity index (χ1v) is 3.91. The van der Waals surface area contributed by atoms with Crippen LogP contribution in [0.1, 0.15) is 26.0 Å². The molecule has 1 aromatic heterocycles. The maximum absolute atomic E-state index is 4.19. The van der Waals surface area contributed by atoms with Crippen molar-refractivity contribution in [1.29, 1.82) is 0 Å². The second kappa shape index (κ2) is 3.91. The molecule has 0 fully saturated rings. The van der Waals surface area contributed by atoms with Crippen LogP contribution in [0.4, 0.5) is 0 Å².